The fourth-order valence-electron chi connectivity index (χ4n) is 3.93. The van der Waals surface area contributed by atoms with Crippen LogP contribution in [-0.2, 0) is 11.3 Å². The highest BCUT2D eigenvalue weighted by molar-refractivity contribution is 9.10. The van der Waals surface area contributed by atoms with Gasteiger partial charge in [-0.2, -0.15) is 0 Å². The zero-order valence-corrected chi connectivity index (χ0v) is 18.9. The molecule has 0 heterocycles. The molecule has 6 heteroatoms. The van der Waals surface area contributed by atoms with Crippen LogP contribution in [0.5, 0.6) is 5.75 Å². The Morgan fingerprint density at radius 2 is 1.90 bits per heavy atom. The van der Waals surface area contributed by atoms with Crippen LogP contribution in [0.3, 0.4) is 0 Å². The van der Waals surface area contributed by atoms with E-state index >= 15 is 0 Å². The molecule has 1 amide bonds. The summed E-state index contributed by atoms with van der Waals surface area (Å²) in [6, 6.07) is 10.1. The number of anilines is 2. The van der Waals surface area contributed by atoms with E-state index in [4.69, 9.17) is 10.5 Å². The molecule has 0 saturated heterocycles. The minimum absolute atomic E-state index is 0.0537. The second kappa shape index (κ2) is 9.63. The number of carbonyl (C=O) groups is 1. The molecular formula is C23H30BrN3O2. The van der Waals surface area contributed by atoms with Crippen molar-refractivity contribution >= 4 is 33.2 Å². The number of nitrogen functional groups attached to an aromatic ring is 1. The number of ether oxygens (including phenoxy) is 1. The van der Waals surface area contributed by atoms with Crippen LogP contribution < -0.4 is 21.1 Å². The first-order valence-corrected chi connectivity index (χ1v) is 10.9. The molecule has 0 bridgehead atoms. The van der Waals surface area contributed by atoms with Crippen molar-refractivity contribution in [1.29, 1.82) is 0 Å². The standard InChI is InChI=1S/C23H30BrN3O2/c1-14-4-7-18(12-22(14)29-3)27-23(28)16-5-8-17(9-6-16)26-13-19-15(2)20(24)10-11-21(19)25/h4,7,10-12,16-17,26H,5-6,8-9,13,25H2,1-3H3,(H,27,28). The average molecular weight is 460 g/mol. The maximum absolute atomic E-state index is 12.7. The summed E-state index contributed by atoms with van der Waals surface area (Å²) >= 11 is 3.57. The predicted octanol–water partition coefficient (Wildman–Crippen LogP) is 4.94. The number of amides is 1. The Morgan fingerprint density at radius 3 is 2.59 bits per heavy atom. The van der Waals surface area contributed by atoms with Gasteiger partial charge in [0.05, 0.1) is 7.11 Å². The third-order valence-electron chi connectivity index (χ3n) is 5.91. The molecule has 4 N–H and O–H groups in total. The van der Waals surface area contributed by atoms with Crippen LogP contribution in [0.2, 0.25) is 0 Å². The zero-order valence-electron chi connectivity index (χ0n) is 17.3. The van der Waals surface area contributed by atoms with Crippen LogP contribution in [0.4, 0.5) is 11.4 Å². The molecule has 3 rings (SSSR count). The molecule has 2 aromatic rings. The number of carbonyl (C=O) groups excluding carboxylic acids is 1. The van der Waals surface area contributed by atoms with E-state index in [1.165, 1.54) is 5.56 Å². The van der Waals surface area contributed by atoms with E-state index in [1.807, 2.05) is 37.3 Å². The SMILES string of the molecule is COc1cc(NC(=O)C2CCC(NCc3c(N)ccc(Br)c3C)CC2)ccc1C. The Balaban J connectivity index is 1.50. The number of hydrogen-bond donors (Lipinski definition) is 3. The third-order valence-corrected chi connectivity index (χ3v) is 6.77. The first kappa shape index (κ1) is 21.7. The minimum Gasteiger partial charge on any atom is -0.496 e. The van der Waals surface area contributed by atoms with Crippen molar-refractivity contribution in [2.75, 3.05) is 18.2 Å². The van der Waals surface area contributed by atoms with Crippen molar-refractivity contribution in [1.82, 2.24) is 5.32 Å². The maximum Gasteiger partial charge on any atom is 0.227 e. The number of benzene rings is 2. The molecule has 0 spiro atoms. The number of halogens is 1. The smallest absolute Gasteiger partial charge is 0.227 e. The largest absolute Gasteiger partial charge is 0.496 e. The Hall–Kier alpha value is -2.05. The van der Waals surface area contributed by atoms with E-state index in [9.17, 15) is 4.79 Å². The van der Waals surface area contributed by atoms with Crippen LogP contribution >= 0.6 is 15.9 Å². The molecule has 0 radical (unpaired) electrons. The molecule has 0 aromatic heterocycles. The second-order valence-electron chi connectivity index (χ2n) is 7.84. The highest BCUT2D eigenvalue weighted by atomic mass is 79.9. The molecule has 1 aliphatic rings. The van der Waals surface area contributed by atoms with Crippen molar-refractivity contribution in [2.45, 2.75) is 52.1 Å². The molecule has 5 nitrogen and oxygen atoms in total. The monoisotopic (exact) mass is 459 g/mol. The van der Waals surface area contributed by atoms with Gasteiger partial charge >= 0.3 is 0 Å². The highest BCUT2D eigenvalue weighted by Gasteiger charge is 2.26. The molecule has 0 atom stereocenters. The first-order valence-electron chi connectivity index (χ1n) is 10.1. The van der Waals surface area contributed by atoms with Crippen molar-refractivity contribution in [3.05, 3.63) is 51.5 Å². The fraction of sp³-hybridized carbons (Fsp3) is 0.435. The number of aryl methyl sites for hydroxylation is 1. The lowest BCUT2D eigenvalue weighted by atomic mass is 9.85. The summed E-state index contributed by atoms with van der Waals surface area (Å²) in [5, 5.41) is 6.67. The third kappa shape index (κ3) is 5.31. The number of nitrogens with one attached hydrogen (secondary N) is 2. The number of nitrogens with two attached hydrogens (primary N) is 1. The molecule has 2 aromatic carbocycles. The molecule has 0 unspecified atom stereocenters. The Morgan fingerprint density at radius 1 is 1.17 bits per heavy atom. The maximum atomic E-state index is 12.7. The van der Waals surface area contributed by atoms with Crippen LogP contribution in [0.1, 0.15) is 42.4 Å². The van der Waals surface area contributed by atoms with Gasteiger partial charge in [0.2, 0.25) is 5.91 Å². The number of hydrogen-bond acceptors (Lipinski definition) is 4. The van der Waals surface area contributed by atoms with E-state index in [2.05, 4.69) is 33.5 Å². The van der Waals surface area contributed by atoms with Gasteiger partial charge in [0.25, 0.3) is 0 Å². The van der Waals surface area contributed by atoms with Crippen LogP contribution in [-0.4, -0.2) is 19.1 Å². The predicted molar refractivity (Wildman–Crippen MR) is 122 cm³/mol. The van der Waals surface area contributed by atoms with Gasteiger partial charge < -0.3 is 21.1 Å². The van der Waals surface area contributed by atoms with Crippen molar-refractivity contribution in [3.8, 4) is 5.75 Å². The van der Waals surface area contributed by atoms with Gasteiger partial charge in [-0.05, 0) is 74.4 Å². The number of methoxy groups -OCH3 is 1. The van der Waals surface area contributed by atoms with E-state index in [1.54, 1.807) is 7.11 Å². The molecule has 1 fully saturated rings. The quantitative estimate of drug-likeness (QED) is 0.534. The first-order chi connectivity index (χ1) is 13.9. The molecule has 0 aliphatic heterocycles. The average Bonchev–Trinajstić information content (AvgIpc) is 2.72. The lowest BCUT2D eigenvalue weighted by Gasteiger charge is -2.29. The summed E-state index contributed by atoms with van der Waals surface area (Å²) in [5.74, 6) is 0.942. The fourth-order valence-corrected chi connectivity index (χ4v) is 4.30. The van der Waals surface area contributed by atoms with Gasteiger partial charge in [-0.3, -0.25) is 4.79 Å². The Kier molecular flexibility index (Phi) is 7.19. The van der Waals surface area contributed by atoms with Gasteiger partial charge in [-0.15, -0.1) is 0 Å². The van der Waals surface area contributed by atoms with Crippen molar-refractivity contribution in [3.63, 3.8) is 0 Å². The molecule has 1 saturated carbocycles. The van der Waals surface area contributed by atoms with Gasteiger partial charge in [-0.25, -0.2) is 0 Å². The van der Waals surface area contributed by atoms with E-state index < -0.39 is 0 Å². The van der Waals surface area contributed by atoms with E-state index in [-0.39, 0.29) is 11.8 Å². The number of rotatable bonds is 6. The normalized spacial score (nSPS) is 19.0. The second-order valence-corrected chi connectivity index (χ2v) is 8.70. The van der Waals surface area contributed by atoms with Crippen LogP contribution in [0, 0.1) is 19.8 Å². The molecule has 156 valence electrons. The van der Waals surface area contributed by atoms with Crippen molar-refractivity contribution < 1.29 is 9.53 Å². The van der Waals surface area contributed by atoms with E-state index in [0.717, 1.165) is 65.0 Å². The molecule has 1 aliphatic carbocycles. The van der Waals surface area contributed by atoms with Gasteiger partial charge in [0, 0.05) is 40.4 Å². The van der Waals surface area contributed by atoms with Crippen LogP contribution in [0.15, 0.2) is 34.8 Å². The molecular weight excluding hydrogens is 430 g/mol. The highest BCUT2D eigenvalue weighted by Crippen LogP contribution is 2.29. The van der Waals surface area contributed by atoms with Gasteiger partial charge in [-0.1, -0.05) is 22.0 Å². The lowest BCUT2D eigenvalue weighted by molar-refractivity contribution is -0.120. The van der Waals surface area contributed by atoms with Gasteiger partial charge in [0.1, 0.15) is 5.75 Å². The summed E-state index contributed by atoms with van der Waals surface area (Å²) < 4.78 is 6.42. The summed E-state index contributed by atoms with van der Waals surface area (Å²) in [6.07, 6.45) is 3.75. The topological polar surface area (TPSA) is 76.4 Å². The summed E-state index contributed by atoms with van der Waals surface area (Å²) in [5.41, 5.74) is 11.1. The Labute approximate surface area is 181 Å². The van der Waals surface area contributed by atoms with Gasteiger partial charge in [0.15, 0.2) is 0 Å². The lowest BCUT2D eigenvalue weighted by Crippen LogP contribution is -2.36. The van der Waals surface area contributed by atoms with Crippen LogP contribution in [0.25, 0.3) is 0 Å². The minimum atomic E-state index is 0.0537. The van der Waals surface area contributed by atoms with Crippen molar-refractivity contribution in [2.24, 2.45) is 5.92 Å². The van der Waals surface area contributed by atoms with E-state index in [0.29, 0.717) is 6.04 Å². The summed E-state index contributed by atoms with van der Waals surface area (Å²) in [6.45, 7) is 4.82. The Bertz CT molecular complexity index is 877. The zero-order chi connectivity index (χ0) is 21.0. The molecule has 29 heavy (non-hydrogen) atoms. The summed E-state index contributed by atoms with van der Waals surface area (Å²) in [7, 11) is 1.64. The summed E-state index contributed by atoms with van der Waals surface area (Å²) in [4.78, 5) is 12.7.